The van der Waals surface area contributed by atoms with Crippen molar-refractivity contribution in [1.82, 2.24) is 24.7 Å². The van der Waals surface area contributed by atoms with Gasteiger partial charge in [0.15, 0.2) is 0 Å². The first-order chi connectivity index (χ1) is 12.7. The van der Waals surface area contributed by atoms with E-state index in [1.165, 1.54) is 6.33 Å². The molecule has 6 nitrogen and oxygen atoms in total. The first-order valence-electron chi connectivity index (χ1n) is 7.81. The molecule has 128 valence electrons. The second-order valence-electron chi connectivity index (χ2n) is 5.75. The zero-order chi connectivity index (χ0) is 18.1. The van der Waals surface area contributed by atoms with Gasteiger partial charge in [-0.1, -0.05) is 31.9 Å². The molecule has 0 saturated heterocycles. The maximum Gasteiger partial charge on any atom is 0.141 e. The van der Waals surface area contributed by atoms with E-state index in [-0.39, 0.29) is 6.04 Å². The van der Waals surface area contributed by atoms with E-state index in [9.17, 15) is 5.26 Å². The minimum absolute atomic E-state index is 0.189. The van der Waals surface area contributed by atoms with Gasteiger partial charge < -0.3 is 4.98 Å². The predicted molar refractivity (Wildman–Crippen MR) is 105 cm³/mol. The smallest absolute Gasteiger partial charge is 0.141 e. The summed E-state index contributed by atoms with van der Waals surface area (Å²) in [7, 11) is 0. The van der Waals surface area contributed by atoms with Crippen LogP contribution in [0, 0.1) is 11.3 Å². The van der Waals surface area contributed by atoms with Gasteiger partial charge in [0, 0.05) is 32.3 Å². The van der Waals surface area contributed by atoms with Crippen molar-refractivity contribution in [1.29, 1.82) is 5.26 Å². The lowest BCUT2D eigenvalue weighted by molar-refractivity contribution is 0.532. The molecule has 0 fully saturated rings. The van der Waals surface area contributed by atoms with Crippen LogP contribution in [0.5, 0.6) is 0 Å². The van der Waals surface area contributed by atoms with E-state index in [2.05, 4.69) is 58.0 Å². The average molecular weight is 472 g/mol. The van der Waals surface area contributed by atoms with Gasteiger partial charge >= 0.3 is 0 Å². The van der Waals surface area contributed by atoms with Crippen molar-refractivity contribution in [3.8, 4) is 17.3 Å². The summed E-state index contributed by atoms with van der Waals surface area (Å²) in [6.07, 6.45) is 7.37. The normalized spacial score (nSPS) is 12.2. The van der Waals surface area contributed by atoms with E-state index in [0.29, 0.717) is 6.42 Å². The van der Waals surface area contributed by atoms with E-state index in [1.807, 2.05) is 41.3 Å². The molecule has 1 unspecified atom stereocenters. The lowest BCUT2D eigenvalue weighted by Crippen LogP contribution is -2.10. The van der Waals surface area contributed by atoms with Crippen molar-refractivity contribution in [2.45, 2.75) is 12.5 Å². The Kier molecular flexibility index (Phi) is 4.57. The fraction of sp³-hybridized carbons (Fsp3) is 0.111. The van der Waals surface area contributed by atoms with Crippen molar-refractivity contribution in [3.63, 3.8) is 0 Å². The minimum Gasteiger partial charge on any atom is -0.346 e. The summed E-state index contributed by atoms with van der Waals surface area (Å²) >= 11 is 7.01. The number of fused-ring (bicyclic) bond motifs is 1. The predicted octanol–water partition coefficient (Wildman–Crippen LogP) is 4.85. The van der Waals surface area contributed by atoms with E-state index in [4.69, 9.17) is 0 Å². The van der Waals surface area contributed by atoms with Gasteiger partial charge in [0.1, 0.15) is 12.0 Å². The molecule has 0 aliphatic rings. The molecule has 0 amide bonds. The molecule has 8 heteroatoms. The number of rotatable bonds is 4. The third-order valence-corrected chi connectivity index (χ3v) is 5.02. The molecule has 0 aliphatic heterocycles. The Labute approximate surface area is 166 Å². The van der Waals surface area contributed by atoms with E-state index in [1.54, 1.807) is 6.20 Å². The second-order valence-corrected chi connectivity index (χ2v) is 7.58. The molecule has 4 rings (SSSR count). The molecule has 0 radical (unpaired) electrons. The Bertz CT molecular complexity index is 1100. The zero-order valence-electron chi connectivity index (χ0n) is 13.4. The first kappa shape index (κ1) is 16.9. The molecule has 0 bridgehead atoms. The van der Waals surface area contributed by atoms with Crippen LogP contribution in [0.15, 0.2) is 58.1 Å². The Morgan fingerprint density at radius 1 is 1.19 bits per heavy atom. The number of nitrogens with zero attached hydrogens (tertiary/aromatic N) is 5. The van der Waals surface area contributed by atoms with Gasteiger partial charge in [0.25, 0.3) is 0 Å². The molecule has 1 aromatic carbocycles. The van der Waals surface area contributed by atoms with Gasteiger partial charge in [0.05, 0.1) is 30.4 Å². The number of H-pyrrole nitrogens is 1. The highest BCUT2D eigenvalue weighted by atomic mass is 79.9. The average Bonchev–Trinajstić information content (AvgIpc) is 3.27. The number of aromatic nitrogens is 5. The summed E-state index contributed by atoms with van der Waals surface area (Å²) < 4.78 is 3.71. The van der Waals surface area contributed by atoms with Gasteiger partial charge in [-0.25, -0.2) is 9.97 Å². The van der Waals surface area contributed by atoms with E-state index < -0.39 is 0 Å². The molecular weight excluding hydrogens is 460 g/mol. The fourth-order valence-corrected chi connectivity index (χ4v) is 4.28. The monoisotopic (exact) mass is 470 g/mol. The molecular formula is C18H12Br2N6. The van der Waals surface area contributed by atoms with Crippen molar-refractivity contribution in [2.75, 3.05) is 0 Å². The Morgan fingerprint density at radius 3 is 2.77 bits per heavy atom. The maximum atomic E-state index is 9.30. The number of benzene rings is 1. The molecule has 1 atom stereocenters. The van der Waals surface area contributed by atoms with Crippen LogP contribution in [0.1, 0.15) is 18.0 Å². The van der Waals surface area contributed by atoms with Crippen LogP contribution in [0.25, 0.3) is 22.3 Å². The Morgan fingerprint density at radius 2 is 2.00 bits per heavy atom. The molecule has 1 N–H and O–H groups in total. The highest BCUT2D eigenvalue weighted by Gasteiger charge is 2.18. The van der Waals surface area contributed by atoms with Crippen molar-refractivity contribution in [3.05, 3.63) is 63.7 Å². The van der Waals surface area contributed by atoms with Gasteiger partial charge in [-0.05, 0) is 29.8 Å². The summed E-state index contributed by atoms with van der Waals surface area (Å²) in [5.74, 6) is 0. The number of halogens is 2. The van der Waals surface area contributed by atoms with Crippen LogP contribution in [-0.4, -0.2) is 24.7 Å². The Hall–Kier alpha value is -2.50. The number of hydrogen-bond donors (Lipinski definition) is 1. The van der Waals surface area contributed by atoms with Gasteiger partial charge in [-0.15, -0.1) is 0 Å². The van der Waals surface area contributed by atoms with Crippen LogP contribution in [-0.2, 0) is 0 Å². The van der Waals surface area contributed by atoms with Crippen LogP contribution in [0.4, 0.5) is 0 Å². The molecule has 0 saturated carbocycles. The van der Waals surface area contributed by atoms with Crippen LogP contribution in [0.3, 0.4) is 0 Å². The third kappa shape index (κ3) is 3.16. The zero-order valence-corrected chi connectivity index (χ0v) is 16.6. The second kappa shape index (κ2) is 7.02. The number of aromatic amines is 1. The highest BCUT2D eigenvalue weighted by molar-refractivity contribution is 9.11. The number of nitrogens with one attached hydrogen (secondary N) is 1. The third-order valence-electron chi connectivity index (χ3n) is 4.10. The summed E-state index contributed by atoms with van der Waals surface area (Å²) in [6.45, 7) is 0. The maximum absolute atomic E-state index is 9.30. The molecule has 4 aromatic rings. The summed E-state index contributed by atoms with van der Waals surface area (Å²) in [4.78, 5) is 11.7. The van der Waals surface area contributed by atoms with Crippen LogP contribution in [0.2, 0.25) is 0 Å². The highest BCUT2D eigenvalue weighted by Crippen LogP contribution is 2.30. The van der Waals surface area contributed by atoms with E-state index in [0.717, 1.165) is 36.8 Å². The van der Waals surface area contributed by atoms with Crippen molar-refractivity contribution < 1.29 is 0 Å². The largest absolute Gasteiger partial charge is 0.346 e. The minimum atomic E-state index is -0.189. The molecule has 3 aromatic heterocycles. The topological polar surface area (TPSA) is 83.2 Å². The number of nitriles is 1. The van der Waals surface area contributed by atoms with Crippen molar-refractivity contribution >= 4 is 42.9 Å². The SMILES string of the molecule is N#CCC(c1cc(Br)cc(Br)c1)n1cc(-c2ncnc3[nH]ccc23)cn1. The summed E-state index contributed by atoms with van der Waals surface area (Å²) in [5.41, 5.74) is 3.48. The standard InChI is InChI=1S/C18H12Br2N6/c19-13-5-11(6-14(20)7-13)16(1-3-21)26-9-12(8-25-26)17-15-2-4-22-18(15)24-10-23-17/h2,4-10,16H,1H2,(H,22,23,24). The molecule has 0 spiro atoms. The first-order valence-corrected chi connectivity index (χ1v) is 9.40. The summed E-state index contributed by atoms with van der Waals surface area (Å²) in [5, 5.41) is 14.7. The number of hydrogen-bond acceptors (Lipinski definition) is 4. The lowest BCUT2D eigenvalue weighted by atomic mass is 10.0. The lowest BCUT2D eigenvalue weighted by Gasteiger charge is -2.15. The quantitative estimate of drug-likeness (QED) is 0.461. The molecule has 3 heterocycles. The molecule has 26 heavy (non-hydrogen) atoms. The fourth-order valence-electron chi connectivity index (χ4n) is 2.95. The Balaban J connectivity index is 1.77. The summed E-state index contributed by atoms with van der Waals surface area (Å²) in [6, 6.07) is 9.98. The van der Waals surface area contributed by atoms with Crippen molar-refractivity contribution in [2.24, 2.45) is 0 Å². The molecule has 0 aliphatic carbocycles. The van der Waals surface area contributed by atoms with Gasteiger partial charge in [-0.2, -0.15) is 10.4 Å². The van der Waals surface area contributed by atoms with Crippen LogP contribution < -0.4 is 0 Å². The van der Waals surface area contributed by atoms with Gasteiger partial charge in [0.2, 0.25) is 0 Å². The van der Waals surface area contributed by atoms with Gasteiger partial charge in [-0.3, -0.25) is 4.68 Å². The van der Waals surface area contributed by atoms with E-state index >= 15 is 0 Å². The van der Waals surface area contributed by atoms with Crippen LogP contribution >= 0.6 is 31.9 Å².